The topological polar surface area (TPSA) is 15.7 Å². The quantitative estimate of drug-likeness (QED) is 0.778. The molecule has 1 aromatic rings. The van der Waals surface area contributed by atoms with Crippen molar-refractivity contribution in [3.63, 3.8) is 0 Å². The second-order valence-electron chi connectivity index (χ2n) is 4.89. The van der Waals surface area contributed by atoms with Crippen molar-refractivity contribution in [3.8, 4) is 0 Å². The summed E-state index contributed by atoms with van der Waals surface area (Å²) in [5.41, 5.74) is 3.97. The fraction of sp³-hybridized carbons (Fsp3) is 0.467. The van der Waals surface area contributed by atoms with Gasteiger partial charge in [-0.05, 0) is 24.1 Å². The van der Waals surface area contributed by atoms with Gasteiger partial charge >= 0.3 is 0 Å². The third-order valence-electron chi connectivity index (χ3n) is 3.55. The molecule has 0 aliphatic carbocycles. The average molecular weight is 264 g/mol. The van der Waals surface area contributed by atoms with Crippen molar-refractivity contribution in [2.24, 2.45) is 0 Å². The van der Waals surface area contributed by atoms with Crippen molar-refractivity contribution < 1.29 is 9.22 Å². The van der Waals surface area contributed by atoms with Gasteiger partial charge in [0.1, 0.15) is 0 Å². The van der Waals surface area contributed by atoms with Crippen LogP contribution in [0.15, 0.2) is 30.5 Å². The van der Waals surface area contributed by atoms with Gasteiger partial charge in [0, 0.05) is 37.9 Å². The van der Waals surface area contributed by atoms with Crippen molar-refractivity contribution in [2.45, 2.75) is 13.3 Å². The number of benzene rings is 1. The Morgan fingerprint density at radius 1 is 1.42 bits per heavy atom. The number of morpholine rings is 1. The van der Waals surface area contributed by atoms with Crippen molar-refractivity contribution in [1.82, 2.24) is 5.12 Å². The van der Waals surface area contributed by atoms with E-state index < -0.39 is 0 Å². The lowest BCUT2D eigenvalue weighted by atomic mass is 10.0. The van der Waals surface area contributed by atoms with Crippen LogP contribution in [0.2, 0.25) is 0 Å². The average Bonchev–Trinajstić information content (AvgIpc) is 2.41. The Morgan fingerprint density at radius 3 is 2.74 bits per heavy atom. The maximum absolute atomic E-state index is 13.2. The first-order valence-electron chi connectivity index (χ1n) is 6.58. The summed E-state index contributed by atoms with van der Waals surface area (Å²) >= 11 is 0. The molecule has 0 N–H and O–H groups in total. The molecule has 0 amide bonds. The van der Waals surface area contributed by atoms with Crippen molar-refractivity contribution >= 4 is 5.69 Å². The number of rotatable bonds is 4. The van der Waals surface area contributed by atoms with Gasteiger partial charge < -0.3 is 9.64 Å². The number of allylic oxidation sites excluding steroid dienone is 1. The van der Waals surface area contributed by atoms with Crippen LogP contribution in [0.4, 0.5) is 10.2 Å². The minimum Gasteiger partial charge on any atom is -0.378 e. The minimum absolute atomic E-state index is 0.476. The number of hydrogen-bond acceptors (Lipinski definition) is 3. The van der Waals surface area contributed by atoms with Crippen LogP contribution in [0, 0.1) is 6.92 Å². The molecule has 4 heteroatoms. The SMILES string of the molecule is C=C(Cc1c(C)cccc1N1CCOCC1)N(C)F. The summed E-state index contributed by atoms with van der Waals surface area (Å²) in [6.45, 7) is 9.11. The fourth-order valence-electron chi connectivity index (χ4n) is 2.33. The van der Waals surface area contributed by atoms with Gasteiger partial charge in [0.15, 0.2) is 0 Å². The molecule has 1 saturated heterocycles. The summed E-state index contributed by atoms with van der Waals surface area (Å²) < 4.78 is 18.6. The molecule has 19 heavy (non-hydrogen) atoms. The van der Waals surface area contributed by atoms with Crippen molar-refractivity contribution in [3.05, 3.63) is 41.6 Å². The van der Waals surface area contributed by atoms with E-state index in [1.807, 2.05) is 6.07 Å². The number of ether oxygens (including phenoxy) is 1. The Bertz CT molecular complexity index is 453. The maximum Gasteiger partial charge on any atom is 0.0642 e. The van der Waals surface area contributed by atoms with Crippen LogP contribution in [0.3, 0.4) is 0 Å². The van der Waals surface area contributed by atoms with Gasteiger partial charge in [-0.25, -0.2) is 5.12 Å². The molecule has 1 fully saturated rings. The molecule has 0 radical (unpaired) electrons. The molecule has 1 heterocycles. The molecule has 2 rings (SSSR count). The van der Waals surface area contributed by atoms with E-state index >= 15 is 0 Å². The van der Waals surface area contributed by atoms with E-state index in [9.17, 15) is 4.48 Å². The molecule has 3 nitrogen and oxygen atoms in total. The lowest BCUT2D eigenvalue weighted by Crippen LogP contribution is -2.37. The largest absolute Gasteiger partial charge is 0.378 e. The molecule has 1 aromatic carbocycles. The number of nitrogens with zero attached hydrogens (tertiary/aromatic N) is 2. The van der Waals surface area contributed by atoms with Crippen molar-refractivity contribution in [2.75, 3.05) is 38.3 Å². The third kappa shape index (κ3) is 3.26. The number of hydrogen-bond donors (Lipinski definition) is 0. The Morgan fingerprint density at radius 2 is 2.11 bits per heavy atom. The molecular formula is C15H21FN2O. The molecule has 1 aliphatic rings. The summed E-state index contributed by atoms with van der Waals surface area (Å²) in [6, 6.07) is 6.20. The van der Waals surface area contributed by atoms with Crippen LogP contribution >= 0.6 is 0 Å². The summed E-state index contributed by atoms with van der Waals surface area (Å²) in [7, 11) is 1.38. The van der Waals surface area contributed by atoms with Crippen molar-refractivity contribution in [1.29, 1.82) is 0 Å². The van der Waals surface area contributed by atoms with Gasteiger partial charge in [-0.15, -0.1) is 4.48 Å². The Kier molecular flexibility index (Phi) is 4.43. The molecule has 1 aliphatic heterocycles. The molecule has 0 spiro atoms. The van der Waals surface area contributed by atoms with Crippen LogP contribution in [0.5, 0.6) is 0 Å². The van der Waals surface area contributed by atoms with E-state index in [0.29, 0.717) is 17.2 Å². The van der Waals surface area contributed by atoms with Crippen LogP contribution in [0.1, 0.15) is 11.1 Å². The Balaban J connectivity index is 2.27. The first-order valence-corrected chi connectivity index (χ1v) is 6.58. The molecule has 0 saturated carbocycles. The first kappa shape index (κ1) is 13.9. The predicted molar refractivity (Wildman–Crippen MR) is 75.9 cm³/mol. The molecule has 0 atom stereocenters. The smallest absolute Gasteiger partial charge is 0.0642 e. The third-order valence-corrected chi connectivity index (χ3v) is 3.55. The van der Waals surface area contributed by atoms with E-state index in [0.717, 1.165) is 31.9 Å². The van der Waals surface area contributed by atoms with Gasteiger partial charge in [0.25, 0.3) is 0 Å². The second-order valence-corrected chi connectivity index (χ2v) is 4.89. The Labute approximate surface area is 114 Å². The van der Waals surface area contributed by atoms with Crippen LogP contribution in [0.25, 0.3) is 0 Å². The lowest BCUT2D eigenvalue weighted by Gasteiger charge is -2.31. The summed E-state index contributed by atoms with van der Waals surface area (Å²) in [5, 5.41) is 0.593. The highest BCUT2D eigenvalue weighted by Gasteiger charge is 2.17. The highest BCUT2D eigenvalue weighted by molar-refractivity contribution is 5.58. The van der Waals surface area contributed by atoms with Gasteiger partial charge in [-0.2, -0.15) is 0 Å². The first-order chi connectivity index (χ1) is 9.09. The van der Waals surface area contributed by atoms with Gasteiger partial charge in [0.05, 0.1) is 13.2 Å². The van der Waals surface area contributed by atoms with Crippen LogP contribution in [-0.4, -0.2) is 38.5 Å². The zero-order chi connectivity index (χ0) is 13.8. The second kappa shape index (κ2) is 6.06. The van der Waals surface area contributed by atoms with Crippen LogP contribution in [-0.2, 0) is 11.2 Å². The molecular weight excluding hydrogens is 243 g/mol. The maximum atomic E-state index is 13.2. The molecule has 0 bridgehead atoms. The standard InChI is InChI=1S/C15H21FN2O/c1-12-5-4-6-15(18-7-9-19-10-8-18)14(12)11-13(2)17(3)16/h4-6H,2,7-11H2,1,3H3. The van der Waals surface area contributed by atoms with E-state index in [4.69, 9.17) is 4.74 Å². The lowest BCUT2D eigenvalue weighted by molar-refractivity contribution is 0.105. The summed E-state index contributed by atoms with van der Waals surface area (Å²) in [6.07, 6.45) is 0.534. The number of halogens is 1. The zero-order valence-electron chi connectivity index (χ0n) is 11.7. The molecule has 0 unspecified atom stereocenters. The summed E-state index contributed by atoms with van der Waals surface area (Å²) in [5.74, 6) is 0. The summed E-state index contributed by atoms with van der Waals surface area (Å²) in [4.78, 5) is 2.30. The predicted octanol–water partition coefficient (Wildman–Crippen LogP) is 2.70. The number of aryl methyl sites for hydroxylation is 1. The number of likely N-dealkylation sites (N-methyl/N-ethyl adjacent to an activating group) is 1. The van der Waals surface area contributed by atoms with Gasteiger partial charge in [-0.3, -0.25) is 0 Å². The fourth-order valence-corrected chi connectivity index (χ4v) is 2.33. The zero-order valence-corrected chi connectivity index (χ0v) is 11.7. The van der Waals surface area contributed by atoms with E-state index in [2.05, 4.69) is 30.5 Å². The highest BCUT2D eigenvalue weighted by Crippen LogP contribution is 2.27. The van der Waals surface area contributed by atoms with E-state index in [1.165, 1.54) is 18.3 Å². The van der Waals surface area contributed by atoms with Crippen LogP contribution < -0.4 is 4.90 Å². The van der Waals surface area contributed by atoms with Gasteiger partial charge in [0.2, 0.25) is 0 Å². The van der Waals surface area contributed by atoms with Gasteiger partial charge in [-0.1, -0.05) is 18.7 Å². The highest BCUT2D eigenvalue weighted by atomic mass is 19.2. The number of anilines is 1. The van der Waals surface area contributed by atoms with E-state index in [-0.39, 0.29) is 0 Å². The molecule has 0 aromatic heterocycles. The monoisotopic (exact) mass is 264 g/mol. The molecule has 104 valence electrons. The van der Waals surface area contributed by atoms with E-state index in [1.54, 1.807) is 0 Å². The normalized spacial score (nSPS) is 15.4. The Hall–Kier alpha value is -1.55. The minimum atomic E-state index is 0.476.